The second-order valence-corrected chi connectivity index (χ2v) is 19.5. The summed E-state index contributed by atoms with van der Waals surface area (Å²) in [6.45, 7) is 0. The minimum absolute atomic E-state index is 0.364. The number of fused-ring (bicyclic) bond motifs is 2. The van der Waals surface area contributed by atoms with E-state index in [1.165, 1.54) is 82.7 Å². The highest BCUT2D eigenvalue weighted by Crippen LogP contribution is 2.51. The van der Waals surface area contributed by atoms with Gasteiger partial charge < -0.3 is 9.80 Å². The Bertz CT molecular complexity index is 4040. The predicted molar refractivity (Wildman–Crippen MR) is 324 cm³/mol. The second-order valence-electron chi connectivity index (χ2n) is 19.5. The molecule has 1 aliphatic carbocycles. The molecule has 13 rings (SSSR count). The third-order valence-electron chi connectivity index (χ3n) is 15.0. The molecule has 0 amide bonds. The van der Waals surface area contributed by atoms with E-state index in [4.69, 9.17) is 0 Å². The molecule has 76 heavy (non-hydrogen) atoms. The van der Waals surface area contributed by atoms with Crippen LogP contribution in [0.3, 0.4) is 0 Å². The van der Waals surface area contributed by atoms with Gasteiger partial charge in [0.05, 0.1) is 0 Å². The van der Waals surface area contributed by atoms with Crippen molar-refractivity contribution in [2.75, 3.05) is 9.80 Å². The van der Waals surface area contributed by atoms with Crippen molar-refractivity contribution in [2.24, 2.45) is 0 Å². The number of para-hydroxylation sites is 2. The van der Waals surface area contributed by atoms with Crippen LogP contribution in [0.25, 0.3) is 77.2 Å². The van der Waals surface area contributed by atoms with Crippen molar-refractivity contribution in [3.63, 3.8) is 0 Å². The number of hydrogen-bond donors (Lipinski definition) is 0. The molecule has 1 atom stereocenters. The van der Waals surface area contributed by atoms with Gasteiger partial charge in [-0.1, -0.05) is 237 Å². The first-order valence-electron chi connectivity index (χ1n) is 26.4. The normalized spacial score (nSPS) is 13.0. The fourth-order valence-electron chi connectivity index (χ4n) is 11.4. The van der Waals surface area contributed by atoms with Gasteiger partial charge in [0.15, 0.2) is 0 Å². The van der Waals surface area contributed by atoms with E-state index < -0.39 is 0 Å². The first-order valence-corrected chi connectivity index (χ1v) is 26.4. The first-order chi connectivity index (χ1) is 37.7. The summed E-state index contributed by atoms with van der Waals surface area (Å²) >= 11 is 0. The minimum atomic E-state index is 0.364. The van der Waals surface area contributed by atoms with E-state index in [0.717, 1.165) is 40.5 Å². The maximum atomic E-state index is 2.45. The highest BCUT2D eigenvalue weighted by atomic mass is 15.1. The van der Waals surface area contributed by atoms with Gasteiger partial charge in [-0.15, -0.1) is 0 Å². The van der Waals surface area contributed by atoms with Crippen LogP contribution >= 0.6 is 0 Å². The summed E-state index contributed by atoms with van der Waals surface area (Å²) in [4.78, 5) is 4.81. The molecule has 0 fully saturated rings. The van der Waals surface area contributed by atoms with Crippen LogP contribution < -0.4 is 9.80 Å². The number of benzene rings is 12. The zero-order valence-corrected chi connectivity index (χ0v) is 42.1. The first kappa shape index (κ1) is 46.1. The quantitative estimate of drug-likeness (QED) is 0.113. The average Bonchev–Trinajstić information content (AvgIpc) is 3.55. The standard InChI is InChI=1S/C74H54N2/c1-7-23-53(24-8-1)55-39-43-61(44-40-55)75(59-31-15-5-16-32-59)63-47-49-69-71(51-63)73(67-37-21-19-35-65(67)57-27-11-3-12-28-57)70-50-48-64(52-72(70)74(69)68-38-22-20-36-66(68)58-29-13-4-14-30-58)76(60-33-17-6-18-34-60)62-45-41-56(42-46-62)54-25-9-2-10-26-54/h1-25,27-52,54H,26H2. The zero-order chi connectivity index (χ0) is 50.6. The zero-order valence-electron chi connectivity index (χ0n) is 42.1. The summed E-state index contributed by atoms with van der Waals surface area (Å²) < 4.78 is 0. The molecule has 2 heteroatoms. The molecule has 0 spiro atoms. The molecule has 2 nitrogen and oxygen atoms in total. The van der Waals surface area contributed by atoms with Crippen LogP contribution in [-0.4, -0.2) is 0 Å². The van der Waals surface area contributed by atoms with E-state index in [1.54, 1.807) is 0 Å². The van der Waals surface area contributed by atoms with Gasteiger partial charge in [-0.2, -0.15) is 0 Å². The Morgan fingerprint density at radius 2 is 0.618 bits per heavy atom. The molecule has 0 aromatic heterocycles. The summed E-state index contributed by atoms with van der Waals surface area (Å²) in [6, 6.07) is 104. The second kappa shape index (κ2) is 20.6. The lowest BCUT2D eigenvalue weighted by Crippen LogP contribution is -2.10. The fourth-order valence-corrected chi connectivity index (χ4v) is 11.4. The van der Waals surface area contributed by atoms with Crippen molar-refractivity contribution in [3.8, 4) is 55.6 Å². The number of nitrogens with zero attached hydrogens (tertiary/aromatic N) is 2. The van der Waals surface area contributed by atoms with E-state index in [9.17, 15) is 0 Å². The summed E-state index contributed by atoms with van der Waals surface area (Å²) in [5.41, 5.74) is 19.7. The van der Waals surface area contributed by atoms with Crippen molar-refractivity contribution in [2.45, 2.75) is 12.3 Å². The predicted octanol–water partition coefficient (Wildman–Crippen LogP) is 20.9. The molecule has 0 heterocycles. The highest BCUT2D eigenvalue weighted by molar-refractivity contribution is 6.24. The maximum Gasteiger partial charge on any atom is 0.0468 e. The van der Waals surface area contributed by atoms with E-state index in [-0.39, 0.29) is 0 Å². The van der Waals surface area contributed by atoms with Crippen molar-refractivity contribution in [1.29, 1.82) is 0 Å². The number of allylic oxidation sites excluding steroid dienone is 4. The van der Waals surface area contributed by atoms with E-state index >= 15 is 0 Å². The number of hydrogen-bond acceptors (Lipinski definition) is 2. The van der Waals surface area contributed by atoms with Gasteiger partial charge in [-0.3, -0.25) is 0 Å². The van der Waals surface area contributed by atoms with Crippen LogP contribution in [0, 0.1) is 0 Å². The molecular weight excluding hydrogens is 917 g/mol. The number of rotatable bonds is 12. The van der Waals surface area contributed by atoms with Gasteiger partial charge in [-0.05, 0) is 162 Å². The van der Waals surface area contributed by atoms with Crippen molar-refractivity contribution >= 4 is 55.7 Å². The van der Waals surface area contributed by atoms with E-state index in [1.807, 2.05) is 0 Å². The van der Waals surface area contributed by atoms with Crippen LogP contribution in [0.15, 0.2) is 309 Å². The molecule has 12 aromatic carbocycles. The van der Waals surface area contributed by atoms with Crippen molar-refractivity contribution in [3.05, 3.63) is 315 Å². The van der Waals surface area contributed by atoms with E-state index in [2.05, 4.69) is 319 Å². The lowest BCUT2D eigenvalue weighted by atomic mass is 9.82. The van der Waals surface area contributed by atoms with Gasteiger partial charge in [-0.25, -0.2) is 0 Å². The Morgan fingerprint density at radius 1 is 0.263 bits per heavy atom. The lowest BCUT2D eigenvalue weighted by molar-refractivity contribution is 0.854. The van der Waals surface area contributed by atoms with Crippen molar-refractivity contribution < 1.29 is 0 Å². The van der Waals surface area contributed by atoms with Crippen LogP contribution in [-0.2, 0) is 0 Å². The Hall–Kier alpha value is -9.76. The molecule has 0 bridgehead atoms. The summed E-state index contributed by atoms with van der Waals surface area (Å²) in [5.74, 6) is 0.364. The summed E-state index contributed by atoms with van der Waals surface area (Å²) in [5, 5.41) is 4.69. The van der Waals surface area contributed by atoms with Crippen LogP contribution in [0.2, 0.25) is 0 Å². The van der Waals surface area contributed by atoms with Gasteiger partial charge in [0, 0.05) is 40.0 Å². The van der Waals surface area contributed by atoms with Crippen LogP contribution in [0.1, 0.15) is 17.9 Å². The topological polar surface area (TPSA) is 6.48 Å². The Balaban J connectivity index is 1.11. The molecule has 0 saturated carbocycles. The van der Waals surface area contributed by atoms with Gasteiger partial charge >= 0.3 is 0 Å². The SMILES string of the molecule is C1=CCC(c2ccc(N(c3ccccc3)c3ccc4c(-c5ccccc5-c5ccccc5)c5cc(N(c6ccccc6)c6ccc(-c7ccccc7)cc6)ccc5c(-c5ccccc5-c5ccccc5)c4c3)cc2)C=C1. The molecule has 0 aliphatic heterocycles. The molecule has 0 saturated heterocycles. The molecule has 1 aliphatic rings. The number of anilines is 6. The highest BCUT2D eigenvalue weighted by Gasteiger charge is 2.25. The molecule has 360 valence electrons. The lowest BCUT2D eigenvalue weighted by Gasteiger charge is -2.29. The Morgan fingerprint density at radius 3 is 1.05 bits per heavy atom. The Labute approximate surface area is 446 Å². The molecule has 1 unspecified atom stereocenters. The maximum absolute atomic E-state index is 2.45. The van der Waals surface area contributed by atoms with Gasteiger partial charge in [0.25, 0.3) is 0 Å². The summed E-state index contributed by atoms with van der Waals surface area (Å²) in [6.07, 6.45) is 9.90. The largest absolute Gasteiger partial charge is 0.310 e. The van der Waals surface area contributed by atoms with Crippen molar-refractivity contribution in [1.82, 2.24) is 0 Å². The summed E-state index contributed by atoms with van der Waals surface area (Å²) in [7, 11) is 0. The van der Waals surface area contributed by atoms with Crippen LogP contribution in [0.5, 0.6) is 0 Å². The average molecular weight is 971 g/mol. The smallest absolute Gasteiger partial charge is 0.0468 e. The van der Waals surface area contributed by atoms with E-state index in [0.29, 0.717) is 5.92 Å². The fraction of sp³-hybridized carbons (Fsp3) is 0.0270. The third kappa shape index (κ3) is 8.86. The molecular formula is C74H54N2. The van der Waals surface area contributed by atoms with Crippen LogP contribution in [0.4, 0.5) is 34.1 Å². The molecule has 0 N–H and O–H groups in total. The third-order valence-corrected chi connectivity index (χ3v) is 15.0. The molecule has 0 radical (unpaired) electrons. The monoisotopic (exact) mass is 970 g/mol. The minimum Gasteiger partial charge on any atom is -0.310 e. The molecule has 12 aromatic rings. The van der Waals surface area contributed by atoms with Gasteiger partial charge in [0.2, 0.25) is 0 Å². The van der Waals surface area contributed by atoms with Gasteiger partial charge in [0.1, 0.15) is 0 Å². The Kier molecular flexibility index (Phi) is 12.5.